The number of nitrogens with zero attached hydrogens (tertiary/aromatic N) is 5. The maximum atomic E-state index is 15.2. The Morgan fingerprint density at radius 3 is 2.75 bits per heavy atom. The van der Waals surface area contributed by atoms with Gasteiger partial charge in [0.15, 0.2) is 23.9 Å². The van der Waals surface area contributed by atoms with E-state index in [1.807, 2.05) is 0 Å². The van der Waals surface area contributed by atoms with Gasteiger partial charge in [-0.3, -0.25) is 23.7 Å². The van der Waals surface area contributed by atoms with Gasteiger partial charge in [0, 0.05) is 6.54 Å². The lowest BCUT2D eigenvalue weighted by Gasteiger charge is -2.22. The first-order valence-electron chi connectivity index (χ1n) is 11.7. The zero-order valence-electron chi connectivity index (χ0n) is 20.4. The van der Waals surface area contributed by atoms with Gasteiger partial charge in [0.05, 0.1) is 19.0 Å². The van der Waals surface area contributed by atoms with E-state index >= 15 is 4.39 Å². The molecule has 4 N–H and O–H groups in total. The molecule has 4 aromatic rings. The summed E-state index contributed by atoms with van der Waals surface area (Å²) in [5.41, 5.74) is 6.80. The number of imidazole rings is 1. The van der Waals surface area contributed by atoms with Crippen molar-refractivity contribution in [3.8, 4) is 0 Å². The van der Waals surface area contributed by atoms with Gasteiger partial charge in [-0.15, -0.1) is 0 Å². The Morgan fingerprint density at radius 2 is 2.02 bits per heavy atom. The summed E-state index contributed by atoms with van der Waals surface area (Å²) in [4.78, 5) is 22.0. The van der Waals surface area contributed by atoms with Crippen LogP contribution in [0.15, 0.2) is 53.2 Å². The summed E-state index contributed by atoms with van der Waals surface area (Å²) in [5.74, 6) is -0.522. The normalized spacial score (nSPS) is 22.5. The third kappa shape index (κ3) is 5.97. The molecule has 0 aliphatic carbocycles. The minimum Gasteiger partial charge on any atom is -0.403 e. The van der Waals surface area contributed by atoms with E-state index in [2.05, 4.69) is 20.0 Å². The molecule has 4 heterocycles. The van der Waals surface area contributed by atoms with Crippen LogP contribution in [0.1, 0.15) is 17.6 Å². The molecule has 3 unspecified atom stereocenters. The largest absolute Gasteiger partial charge is 0.433 e. The number of hydrogen-bond acceptors (Lipinski definition) is 12. The number of alkyl halides is 1. The van der Waals surface area contributed by atoms with Gasteiger partial charge in [-0.25, -0.2) is 19.0 Å². The molecular formula is C22H22ClFN7O8P. The molecule has 0 bridgehead atoms. The van der Waals surface area contributed by atoms with Gasteiger partial charge in [-0.2, -0.15) is 9.97 Å². The zero-order chi connectivity index (χ0) is 28.4. The highest BCUT2D eigenvalue weighted by Crippen LogP contribution is 2.46. The molecule has 0 saturated carbocycles. The predicted molar refractivity (Wildman–Crippen MR) is 137 cm³/mol. The van der Waals surface area contributed by atoms with Crippen LogP contribution in [0, 0.1) is 10.1 Å². The quantitative estimate of drug-likeness (QED) is 0.0984. The summed E-state index contributed by atoms with van der Waals surface area (Å²) in [6, 6.07) is 11.3. The highest BCUT2D eigenvalue weighted by molar-refractivity contribution is 7.51. The minimum absolute atomic E-state index is 0.0185. The third-order valence-electron chi connectivity index (χ3n) is 5.92. The maximum absolute atomic E-state index is 15.2. The number of fused-ring (bicyclic) bond motifs is 1. The van der Waals surface area contributed by atoms with Crippen LogP contribution in [-0.4, -0.2) is 54.5 Å². The van der Waals surface area contributed by atoms with E-state index in [9.17, 15) is 19.8 Å². The Morgan fingerprint density at radius 1 is 1.25 bits per heavy atom. The topological polar surface area (TPSA) is 203 Å². The van der Waals surface area contributed by atoms with Crippen LogP contribution in [0.3, 0.4) is 0 Å². The van der Waals surface area contributed by atoms with Crippen molar-refractivity contribution in [3.05, 3.63) is 75.5 Å². The molecule has 0 spiro atoms. The van der Waals surface area contributed by atoms with Gasteiger partial charge < -0.3 is 20.0 Å². The second-order valence-corrected chi connectivity index (χ2v) is 10.8. The lowest BCUT2D eigenvalue weighted by Crippen LogP contribution is -2.32. The second kappa shape index (κ2) is 11.5. The summed E-state index contributed by atoms with van der Waals surface area (Å²) in [5, 5.41) is 23.9. The van der Waals surface area contributed by atoms with Crippen molar-refractivity contribution < 1.29 is 37.2 Å². The van der Waals surface area contributed by atoms with Crippen molar-refractivity contribution in [3.63, 3.8) is 0 Å². The lowest BCUT2D eigenvalue weighted by atomic mass is 10.1. The molecule has 1 aliphatic heterocycles. The first-order chi connectivity index (χ1) is 19.1. The van der Waals surface area contributed by atoms with Gasteiger partial charge in [-0.1, -0.05) is 30.3 Å². The van der Waals surface area contributed by atoms with Crippen LogP contribution in [0.2, 0.25) is 5.28 Å². The fourth-order valence-corrected chi connectivity index (χ4v) is 5.38. The molecule has 15 nitrogen and oxygen atoms in total. The van der Waals surface area contributed by atoms with E-state index in [1.165, 1.54) is 17.0 Å². The summed E-state index contributed by atoms with van der Waals surface area (Å²) < 4.78 is 51.7. The summed E-state index contributed by atoms with van der Waals surface area (Å²) in [7, 11) is -4.16. The van der Waals surface area contributed by atoms with Crippen molar-refractivity contribution in [2.45, 2.75) is 37.8 Å². The fourth-order valence-electron chi connectivity index (χ4n) is 3.94. The number of anilines is 1. The molecule has 18 heteroatoms. The number of hydrogen-bond donors (Lipinski definition) is 3. The second-order valence-electron chi connectivity index (χ2n) is 8.59. The van der Waals surface area contributed by atoms with Crippen LogP contribution >= 0.6 is 19.3 Å². The Kier molecular flexibility index (Phi) is 8.09. The Balaban J connectivity index is 1.30. The number of nitrogen functional groups attached to an aromatic ring is 1. The molecule has 1 fully saturated rings. The first kappa shape index (κ1) is 28.0. The van der Waals surface area contributed by atoms with Crippen molar-refractivity contribution >= 4 is 42.2 Å². The van der Waals surface area contributed by atoms with E-state index in [0.717, 1.165) is 11.6 Å². The molecule has 0 amide bonds. The van der Waals surface area contributed by atoms with E-state index in [0.29, 0.717) is 0 Å². The number of ether oxygens (including phenoxy) is 1. The summed E-state index contributed by atoms with van der Waals surface area (Å²) in [6.45, 7) is -0.944. The van der Waals surface area contributed by atoms with Crippen LogP contribution in [0.25, 0.3) is 11.2 Å². The fraction of sp³-hybridized carbons (Fsp3) is 0.318. The van der Waals surface area contributed by atoms with Crippen LogP contribution in [0.5, 0.6) is 0 Å². The van der Waals surface area contributed by atoms with E-state index in [1.54, 1.807) is 30.3 Å². The first-order valence-corrected chi connectivity index (χ1v) is 13.6. The molecule has 0 radical (unpaired) electrons. The number of aromatic nitrogens is 4. The predicted octanol–water partition coefficient (Wildman–Crippen LogP) is 3.29. The Labute approximate surface area is 229 Å². The number of benzene rings is 1. The molecule has 212 valence electrons. The molecule has 1 saturated heterocycles. The summed E-state index contributed by atoms with van der Waals surface area (Å²) >= 11 is 5.88. The molecular weight excluding hydrogens is 576 g/mol. The van der Waals surface area contributed by atoms with Crippen LogP contribution < -0.4 is 10.8 Å². The standard InChI is InChI=1S/C22H22ClFN7O8P/c23-22-28-19(25)17-20(29-22)30(11-26-17)21-16(24)18(32)14(39-21)10-37-40(35,27-8-12-4-2-1-3-5-12)36-9-13-6-7-15(38-13)31(33)34/h1-7,11,14,16,18,21,32H,8-10H2,(H,27,35)(H2,25,28,29)/t14-,16?,18?,21-,40?/m1/s1. The Bertz CT molecular complexity index is 1560. The molecule has 1 aromatic carbocycles. The number of furan rings is 1. The molecule has 40 heavy (non-hydrogen) atoms. The van der Waals surface area contributed by atoms with Crippen molar-refractivity contribution in [1.29, 1.82) is 0 Å². The number of nitrogens with two attached hydrogens (primary N) is 1. The highest BCUT2D eigenvalue weighted by Gasteiger charge is 2.47. The average molecular weight is 598 g/mol. The van der Waals surface area contributed by atoms with Gasteiger partial charge in [0.2, 0.25) is 5.28 Å². The average Bonchev–Trinajstić information content (AvgIpc) is 3.65. The van der Waals surface area contributed by atoms with Crippen molar-refractivity contribution in [2.75, 3.05) is 12.3 Å². The number of nitro groups is 1. The van der Waals surface area contributed by atoms with E-state index in [-0.39, 0.29) is 34.6 Å². The highest BCUT2D eigenvalue weighted by atomic mass is 35.5. The SMILES string of the molecule is Nc1nc(Cl)nc2c1ncn2[C@@H]1O[C@H](COP(=O)(NCc2ccccc2)OCc2ccc([N+](=O)[O-])o2)C(O)C1F. The minimum atomic E-state index is -4.16. The number of nitrogens with one attached hydrogen (secondary N) is 1. The number of aliphatic hydroxyl groups is 1. The molecule has 5 atom stereocenters. The molecule has 3 aromatic heterocycles. The monoisotopic (exact) mass is 597 g/mol. The molecule has 1 aliphatic rings. The lowest BCUT2D eigenvalue weighted by molar-refractivity contribution is -0.402. The van der Waals surface area contributed by atoms with E-state index < -0.39 is 56.4 Å². The van der Waals surface area contributed by atoms with Gasteiger partial charge in [0.25, 0.3) is 0 Å². The zero-order valence-corrected chi connectivity index (χ0v) is 22.0. The van der Waals surface area contributed by atoms with Crippen molar-refractivity contribution in [1.82, 2.24) is 24.6 Å². The number of halogens is 2. The van der Waals surface area contributed by atoms with Gasteiger partial charge in [-0.05, 0) is 23.2 Å². The summed E-state index contributed by atoms with van der Waals surface area (Å²) in [6.07, 6.45) is -5.10. The van der Waals surface area contributed by atoms with Crippen LogP contribution in [0.4, 0.5) is 16.1 Å². The van der Waals surface area contributed by atoms with Crippen molar-refractivity contribution in [2.24, 2.45) is 0 Å². The van der Waals surface area contributed by atoms with Gasteiger partial charge in [0.1, 0.15) is 35.0 Å². The Hall–Kier alpha value is -3.50. The van der Waals surface area contributed by atoms with Crippen LogP contribution in [-0.2, 0) is 31.5 Å². The number of rotatable bonds is 11. The smallest absolute Gasteiger partial charge is 0.403 e. The molecule has 5 rings (SSSR count). The van der Waals surface area contributed by atoms with Gasteiger partial charge >= 0.3 is 13.6 Å². The van der Waals surface area contributed by atoms with E-state index in [4.69, 9.17) is 35.5 Å². The third-order valence-corrected chi connectivity index (χ3v) is 7.59. The number of aliphatic hydroxyl groups excluding tert-OH is 1. The maximum Gasteiger partial charge on any atom is 0.433 e.